The minimum Gasteiger partial charge on any atom is -0.744 e. The van der Waals surface area contributed by atoms with Gasteiger partial charge < -0.3 is 109 Å². The number of fused-ring (bicyclic) bond motifs is 7. The Bertz CT molecular complexity index is 4860. The van der Waals surface area contributed by atoms with Gasteiger partial charge in [0.1, 0.15) is 72.2 Å². The van der Waals surface area contributed by atoms with Crippen LogP contribution in [0.1, 0.15) is 129 Å². The highest BCUT2D eigenvalue weighted by atomic mass is 33.1. The molecule has 2 fully saturated rings. The molecule has 0 aromatic heterocycles. The first-order valence-electron chi connectivity index (χ1n) is 42.8. The number of nitrogens with two attached hydrogens (primary N) is 3. The molecule has 7 rings (SSSR count). The average Bonchev–Trinajstić information content (AvgIpc) is 1.59. The lowest BCUT2D eigenvalue weighted by Crippen LogP contribution is -2.60. The SMILES string of the molecule is CCCOCCOCCOCCNC(=O)COCC(N)=O.CCN1C(=CC=CC=CC2=[N+](CCCCCC(=O)NCCCC[C@@H]3NC(=O)CSC[C@@H](C(=O)NC)NC(=O)[C@H](Cc4ccccc4)NC(=O)[C@@H]4CSSC[C@H](NC3=O)C(=O)N[C@@H](CCCN=C(N)N)C(=O)NCC(=O)N[C@@H](CC(=O)O)C(=O)N4)c3ccc(S(=O)(=O)O)cc3C2(C)C)C(C)(C)c2cc(S(=O)(=O)[O-])ccc21. The van der Waals surface area contributed by atoms with E-state index in [2.05, 4.69) is 79.9 Å². The predicted octanol–water partition coefficient (Wildman–Crippen LogP) is 0.107. The Kier molecular flexibility index (Phi) is 45.9. The maximum Gasteiger partial charge on any atom is 0.305 e. The molecule has 7 atom stereocenters. The molecule has 0 radical (unpaired) electrons. The molecule has 0 aliphatic carbocycles. The Labute approximate surface area is 774 Å². The maximum atomic E-state index is 14.7. The molecule has 2 bridgehead atoms. The number of hydrogen-bond donors (Lipinski definition) is 16. The zero-order valence-corrected chi connectivity index (χ0v) is 78.6. The number of thioether (sulfide) groups is 1. The van der Waals surface area contributed by atoms with E-state index in [1.165, 1.54) is 31.3 Å². The standard InChI is InChI=1S/C72H97N15O18S5.C13H26N2O6/c1-7-86-55-29-27-44(109(100,101)102)35-46(55)71(2,3)57(86)24-13-9-14-25-58-72(4,5)47-36-45(110(103,104)105)28-30-56(47)87(58)33-18-10-15-26-59(88)76-31-17-16-22-49-65(95)84-53-40-107-108-41-54(69(99)82-50(34-43-20-11-8-12-21-43)66(96)83-52(63(93)75-6)39-106-42-61(90)79-49)85-67(97)51(37-62(91)92)80-60(89)38-78-64(94)48(81-68(53)98)23-19-32-77-70(73)74;1-2-4-18-6-8-20-9-7-19-5-3-15-13(17)11-21-10-12(14)16/h8-9,11-14,20-21,24-25,27-30,35-36,48-54H,7,10,15-19,22-23,26,31-34,37-42H2,1-6H3,(H16-,73,74,75,76,77,78,79,80,81,82,83,84,85,88,89,90,91,92,93,94,95,96,97,98,99,100,101,102,103,104,105);2-11H2,1H3,(H2,14,16)(H,15,17)/t48-,49-,50-,51-,52-,53-,54-;/m0./s1. The summed E-state index contributed by atoms with van der Waals surface area (Å²) in [7, 11) is -6.08. The van der Waals surface area contributed by atoms with Crippen LogP contribution in [-0.2, 0) is 119 Å². The number of primary amides is 1. The Morgan fingerprint density at radius 2 is 1.24 bits per heavy atom. The van der Waals surface area contributed by atoms with Gasteiger partial charge in [-0.15, -0.1) is 11.8 Å². The summed E-state index contributed by atoms with van der Waals surface area (Å²) in [5, 5.41) is 38.3. The maximum absolute atomic E-state index is 14.7. The Morgan fingerprint density at radius 1 is 0.626 bits per heavy atom. The number of carboxylic acid groups (broad SMARTS) is 1. The minimum absolute atomic E-state index is 0.000474. The molecular formula is C85H123N17O24S5. The van der Waals surface area contributed by atoms with Gasteiger partial charge in [-0.3, -0.25) is 71.9 Å². The monoisotopic (exact) mass is 1930 g/mol. The summed E-state index contributed by atoms with van der Waals surface area (Å²) in [6, 6.07) is 6.92. The highest BCUT2D eigenvalue weighted by Gasteiger charge is 2.46. The van der Waals surface area contributed by atoms with Gasteiger partial charge in [-0.25, -0.2) is 8.42 Å². The molecule has 12 amide bonds. The minimum atomic E-state index is -4.69. The molecule has 0 spiro atoms. The third-order valence-corrected chi connectivity index (χ3v) is 26.0. The number of unbranched alkanes of at least 4 members (excludes halogenated alkanes) is 3. The number of carboxylic acids is 1. The van der Waals surface area contributed by atoms with E-state index >= 15 is 0 Å². The predicted molar refractivity (Wildman–Crippen MR) is 492 cm³/mol. The van der Waals surface area contributed by atoms with Crippen molar-refractivity contribution in [2.75, 3.05) is 127 Å². The number of carbonyl (C=O) groups excluding carboxylic acids is 12. The van der Waals surface area contributed by atoms with Crippen LogP contribution in [0.3, 0.4) is 0 Å². The smallest absolute Gasteiger partial charge is 0.305 e. The Morgan fingerprint density at radius 3 is 1.87 bits per heavy atom. The number of nitrogens with zero attached hydrogens (tertiary/aromatic N) is 3. The topological polar surface area (TPSA) is 620 Å². The van der Waals surface area contributed by atoms with E-state index < -0.39 is 151 Å². The zero-order valence-electron chi connectivity index (χ0n) is 74.5. The number of carbonyl (C=O) groups is 13. The molecule has 46 heteroatoms. The number of aliphatic carboxylic acids is 1. The Hall–Kier alpha value is -10.6. The molecular weight excluding hydrogens is 1800 g/mol. The number of amides is 12. The van der Waals surface area contributed by atoms with Crippen molar-refractivity contribution in [3.05, 3.63) is 119 Å². The van der Waals surface area contributed by atoms with E-state index in [0.29, 0.717) is 95.0 Å². The van der Waals surface area contributed by atoms with Gasteiger partial charge in [0.15, 0.2) is 11.7 Å². The lowest BCUT2D eigenvalue weighted by molar-refractivity contribution is -0.438. The summed E-state index contributed by atoms with van der Waals surface area (Å²) in [5.41, 5.74) is 19.7. The van der Waals surface area contributed by atoms with Crippen LogP contribution < -0.4 is 80.6 Å². The van der Waals surface area contributed by atoms with Crippen molar-refractivity contribution in [2.45, 2.75) is 182 Å². The number of ether oxygens (including phenoxy) is 4. The summed E-state index contributed by atoms with van der Waals surface area (Å²) in [5.74, 6) is -12.2. The fourth-order valence-corrected chi connectivity index (χ4v) is 18.4. The highest BCUT2D eigenvalue weighted by molar-refractivity contribution is 8.76. The second-order valence-electron chi connectivity index (χ2n) is 31.6. The van der Waals surface area contributed by atoms with Crippen LogP contribution in [0.4, 0.5) is 11.4 Å². The lowest BCUT2D eigenvalue weighted by Gasteiger charge is -2.27. The first kappa shape index (κ1) is 109. The molecule has 3 aromatic rings. The van der Waals surface area contributed by atoms with Crippen LogP contribution in [-0.4, -0.2) is 289 Å². The van der Waals surface area contributed by atoms with Gasteiger partial charge in [-0.2, -0.15) is 13.0 Å². The van der Waals surface area contributed by atoms with Crippen LogP contribution in [0.2, 0.25) is 0 Å². The third kappa shape index (κ3) is 36.8. The van der Waals surface area contributed by atoms with Gasteiger partial charge in [-0.05, 0) is 120 Å². The van der Waals surface area contributed by atoms with E-state index in [9.17, 15) is 93.4 Å². The third-order valence-electron chi connectivity index (χ3n) is 20.8. The average molecular weight is 1930 g/mol. The van der Waals surface area contributed by atoms with Gasteiger partial charge in [0, 0.05) is 111 Å². The summed E-state index contributed by atoms with van der Waals surface area (Å²) < 4.78 is 93.3. The molecule has 0 saturated carbocycles. The van der Waals surface area contributed by atoms with Crippen molar-refractivity contribution >= 4 is 153 Å². The summed E-state index contributed by atoms with van der Waals surface area (Å²) in [6.07, 6.45) is 11.6. The number of hydrogen-bond acceptors (Lipinski definition) is 27. The van der Waals surface area contributed by atoms with Crippen molar-refractivity contribution in [1.82, 2.24) is 58.5 Å². The number of guanidine groups is 1. The van der Waals surface area contributed by atoms with Crippen LogP contribution in [0.15, 0.2) is 118 Å². The van der Waals surface area contributed by atoms with E-state index in [4.69, 9.17) is 36.1 Å². The van der Waals surface area contributed by atoms with Gasteiger partial charge in [0.05, 0.1) is 67.0 Å². The van der Waals surface area contributed by atoms with Crippen molar-refractivity contribution in [3.8, 4) is 0 Å². The van der Waals surface area contributed by atoms with Crippen LogP contribution in [0.5, 0.6) is 0 Å². The Balaban J connectivity index is 0.00000111. The molecule has 3 aromatic carbocycles. The molecule has 4 aliphatic rings. The number of allylic oxidation sites excluding steroid dienone is 6. The molecule has 131 heavy (non-hydrogen) atoms. The van der Waals surface area contributed by atoms with Crippen LogP contribution >= 0.6 is 33.3 Å². The van der Waals surface area contributed by atoms with Crippen LogP contribution in [0, 0.1) is 0 Å². The first-order valence-corrected chi connectivity index (χ1v) is 49.3. The number of likely N-dealkylation sites (N-methyl/N-ethyl adjacent to an activating group) is 2. The fraction of sp³-hybridized carbons (Fsp3) is 0.541. The normalized spacial score (nSPS) is 20.5. The zero-order chi connectivity index (χ0) is 96.4. The molecule has 4 heterocycles. The largest absolute Gasteiger partial charge is 0.744 e. The number of rotatable bonds is 41. The second kappa shape index (κ2) is 55.1. The van der Waals surface area contributed by atoms with E-state index in [0.717, 1.165) is 69.2 Å². The van der Waals surface area contributed by atoms with E-state index in [1.807, 2.05) is 65.0 Å². The van der Waals surface area contributed by atoms with Crippen LogP contribution in [0.25, 0.3) is 0 Å². The quantitative estimate of drug-likeness (QED) is 0.00682. The van der Waals surface area contributed by atoms with Gasteiger partial charge in [0.25, 0.3) is 10.1 Å². The van der Waals surface area contributed by atoms with E-state index in [-0.39, 0.29) is 115 Å². The molecule has 41 nitrogen and oxygen atoms in total. The van der Waals surface area contributed by atoms with Gasteiger partial charge >= 0.3 is 5.97 Å². The summed E-state index contributed by atoms with van der Waals surface area (Å²) >= 11 is 0.921. The first-order chi connectivity index (χ1) is 62.2. The second-order valence-corrected chi connectivity index (χ2v) is 38.0. The van der Waals surface area contributed by atoms with Crippen molar-refractivity contribution < 1.29 is 117 Å². The number of aliphatic imine (C=N–C) groups is 1. The molecule has 722 valence electrons. The number of nitrogens with one attached hydrogen (secondary N) is 11. The molecule has 0 unspecified atom stereocenters. The molecule has 4 aliphatic heterocycles. The van der Waals surface area contributed by atoms with Gasteiger partial charge in [-0.1, -0.05) is 90.9 Å². The van der Waals surface area contributed by atoms with Crippen molar-refractivity contribution in [2.24, 2.45) is 22.2 Å². The molecule has 2 saturated heterocycles. The fourth-order valence-electron chi connectivity index (χ4n) is 14.2. The highest BCUT2D eigenvalue weighted by Crippen LogP contribution is 2.48. The summed E-state index contributed by atoms with van der Waals surface area (Å²) in [6.45, 7) is 15.3. The molecule has 19 N–H and O–H groups in total. The number of anilines is 1. The number of benzene rings is 3. The summed E-state index contributed by atoms with van der Waals surface area (Å²) in [4.78, 5) is 179. The van der Waals surface area contributed by atoms with Crippen molar-refractivity contribution in [1.29, 1.82) is 0 Å². The lowest BCUT2D eigenvalue weighted by atomic mass is 9.81. The van der Waals surface area contributed by atoms with E-state index in [1.54, 1.807) is 42.5 Å². The van der Waals surface area contributed by atoms with Gasteiger partial charge in [0.2, 0.25) is 76.6 Å². The van der Waals surface area contributed by atoms with Crippen molar-refractivity contribution in [3.63, 3.8) is 0 Å².